The van der Waals surface area contributed by atoms with Crippen LogP contribution in [0.2, 0.25) is 0 Å². The minimum absolute atomic E-state index is 0.152. The number of ether oxygens (including phenoxy) is 1. The van der Waals surface area contributed by atoms with Gasteiger partial charge in [0.25, 0.3) is 0 Å². The van der Waals surface area contributed by atoms with Gasteiger partial charge < -0.3 is 15.6 Å². The SMILES string of the molecule is Cc1ccc(C2OCc3c2cnc(CN)c3O)cc1. The van der Waals surface area contributed by atoms with Crippen LogP contribution in [0.4, 0.5) is 0 Å². The van der Waals surface area contributed by atoms with Crippen molar-refractivity contribution in [2.24, 2.45) is 5.73 Å². The van der Waals surface area contributed by atoms with Crippen molar-refractivity contribution in [2.75, 3.05) is 0 Å². The molecule has 1 aliphatic rings. The summed E-state index contributed by atoms with van der Waals surface area (Å²) >= 11 is 0. The third-order valence-corrected chi connectivity index (χ3v) is 3.52. The molecule has 1 aromatic carbocycles. The Kier molecular flexibility index (Phi) is 2.97. The Morgan fingerprint density at radius 3 is 2.79 bits per heavy atom. The lowest BCUT2D eigenvalue weighted by molar-refractivity contribution is 0.0932. The number of aryl methyl sites for hydroxylation is 1. The summed E-state index contributed by atoms with van der Waals surface area (Å²) < 4.78 is 5.79. The summed E-state index contributed by atoms with van der Waals surface area (Å²) in [5, 5.41) is 10.1. The molecule has 0 bridgehead atoms. The predicted molar refractivity (Wildman–Crippen MR) is 71.6 cm³/mol. The summed E-state index contributed by atoms with van der Waals surface area (Å²) in [6, 6.07) is 8.20. The molecule has 2 heterocycles. The van der Waals surface area contributed by atoms with Gasteiger partial charge in [0.05, 0.1) is 12.3 Å². The number of benzene rings is 1. The fraction of sp³-hybridized carbons (Fsp3) is 0.267. The maximum Gasteiger partial charge on any atom is 0.144 e. The highest BCUT2D eigenvalue weighted by Crippen LogP contribution is 2.40. The Morgan fingerprint density at radius 1 is 1.37 bits per heavy atom. The van der Waals surface area contributed by atoms with E-state index in [0.29, 0.717) is 12.3 Å². The number of pyridine rings is 1. The number of aromatic hydroxyl groups is 1. The van der Waals surface area contributed by atoms with E-state index < -0.39 is 0 Å². The molecule has 1 unspecified atom stereocenters. The van der Waals surface area contributed by atoms with E-state index in [9.17, 15) is 5.11 Å². The van der Waals surface area contributed by atoms with Gasteiger partial charge in [-0.15, -0.1) is 0 Å². The van der Waals surface area contributed by atoms with E-state index in [1.807, 2.05) is 19.1 Å². The van der Waals surface area contributed by atoms with Crippen LogP contribution in [-0.4, -0.2) is 10.1 Å². The fourth-order valence-electron chi connectivity index (χ4n) is 2.40. The Balaban J connectivity index is 2.03. The normalized spacial score (nSPS) is 17.5. The molecule has 0 amide bonds. The molecule has 2 aromatic rings. The first-order valence-electron chi connectivity index (χ1n) is 6.28. The number of hydrogen-bond acceptors (Lipinski definition) is 4. The molecule has 1 aromatic heterocycles. The van der Waals surface area contributed by atoms with Crippen molar-refractivity contribution >= 4 is 0 Å². The number of aromatic nitrogens is 1. The van der Waals surface area contributed by atoms with Crippen LogP contribution in [-0.2, 0) is 17.9 Å². The number of hydrogen-bond donors (Lipinski definition) is 2. The minimum atomic E-state index is -0.152. The van der Waals surface area contributed by atoms with Crippen molar-refractivity contribution in [1.82, 2.24) is 4.98 Å². The Bertz CT molecular complexity index is 608. The van der Waals surface area contributed by atoms with E-state index in [4.69, 9.17) is 10.5 Å². The second-order valence-corrected chi connectivity index (χ2v) is 4.79. The number of nitrogens with two attached hydrogens (primary N) is 1. The number of fused-ring (bicyclic) bond motifs is 1. The minimum Gasteiger partial charge on any atom is -0.506 e. The van der Waals surface area contributed by atoms with Crippen LogP contribution in [0, 0.1) is 6.92 Å². The van der Waals surface area contributed by atoms with Gasteiger partial charge in [-0.25, -0.2) is 0 Å². The molecular weight excluding hydrogens is 240 g/mol. The Morgan fingerprint density at radius 2 is 2.11 bits per heavy atom. The molecule has 0 saturated carbocycles. The lowest BCUT2D eigenvalue weighted by atomic mass is 9.99. The van der Waals surface area contributed by atoms with E-state index in [0.717, 1.165) is 16.7 Å². The van der Waals surface area contributed by atoms with Gasteiger partial charge in [-0.05, 0) is 12.5 Å². The molecule has 0 radical (unpaired) electrons. The van der Waals surface area contributed by atoms with Crippen molar-refractivity contribution < 1.29 is 9.84 Å². The molecule has 0 fully saturated rings. The topological polar surface area (TPSA) is 68.4 Å². The van der Waals surface area contributed by atoms with Crippen molar-refractivity contribution in [1.29, 1.82) is 0 Å². The van der Waals surface area contributed by atoms with E-state index in [1.165, 1.54) is 5.56 Å². The fourth-order valence-corrected chi connectivity index (χ4v) is 2.40. The van der Waals surface area contributed by atoms with E-state index in [-0.39, 0.29) is 18.4 Å². The zero-order valence-electron chi connectivity index (χ0n) is 10.8. The van der Waals surface area contributed by atoms with Crippen LogP contribution in [0.1, 0.15) is 34.1 Å². The van der Waals surface area contributed by atoms with Crippen LogP contribution in [0.25, 0.3) is 0 Å². The van der Waals surface area contributed by atoms with Gasteiger partial charge in [0.1, 0.15) is 11.9 Å². The van der Waals surface area contributed by atoms with Crippen LogP contribution in [0.3, 0.4) is 0 Å². The summed E-state index contributed by atoms with van der Waals surface area (Å²) in [5.74, 6) is 0.176. The lowest BCUT2D eigenvalue weighted by Crippen LogP contribution is -2.03. The smallest absolute Gasteiger partial charge is 0.144 e. The van der Waals surface area contributed by atoms with Crippen LogP contribution in [0.15, 0.2) is 30.5 Å². The standard InChI is InChI=1S/C15H16N2O2/c1-9-2-4-10(5-3-9)15-11-7-17-13(6-16)14(18)12(11)8-19-15/h2-5,7,15,18H,6,8,16H2,1H3. The third-order valence-electron chi connectivity index (χ3n) is 3.52. The van der Waals surface area contributed by atoms with Gasteiger partial charge >= 0.3 is 0 Å². The molecule has 1 atom stereocenters. The molecule has 19 heavy (non-hydrogen) atoms. The molecule has 98 valence electrons. The van der Waals surface area contributed by atoms with Crippen molar-refractivity contribution in [3.63, 3.8) is 0 Å². The average Bonchev–Trinajstić information content (AvgIpc) is 2.85. The second-order valence-electron chi connectivity index (χ2n) is 4.79. The van der Waals surface area contributed by atoms with Gasteiger partial charge in [0.15, 0.2) is 0 Å². The summed E-state index contributed by atoms with van der Waals surface area (Å²) in [5.41, 5.74) is 10.1. The number of rotatable bonds is 2. The van der Waals surface area contributed by atoms with Crippen LogP contribution >= 0.6 is 0 Å². The van der Waals surface area contributed by atoms with Gasteiger partial charge in [-0.1, -0.05) is 29.8 Å². The first kappa shape index (κ1) is 12.1. The van der Waals surface area contributed by atoms with Gasteiger partial charge in [-0.3, -0.25) is 4.98 Å². The molecule has 4 nitrogen and oxygen atoms in total. The molecule has 1 aliphatic heterocycles. The van der Waals surface area contributed by atoms with Crippen LogP contribution in [0.5, 0.6) is 5.75 Å². The van der Waals surface area contributed by atoms with Gasteiger partial charge in [0, 0.05) is 23.9 Å². The highest BCUT2D eigenvalue weighted by atomic mass is 16.5. The first-order chi connectivity index (χ1) is 9.20. The molecule has 0 saturated heterocycles. The maximum atomic E-state index is 10.1. The molecule has 0 spiro atoms. The van der Waals surface area contributed by atoms with Crippen LogP contribution < -0.4 is 5.73 Å². The zero-order valence-corrected chi connectivity index (χ0v) is 10.8. The second kappa shape index (κ2) is 4.64. The lowest BCUT2D eigenvalue weighted by Gasteiger charge is -2.12. The summed E-state index contributed by atoms with van der Waals surface area (Å²) in [6.07, 6.45) is 1.61. The molecule has 3 N–H and O–H groups in total. The largest absolute Gasteiger partial charge is 0.506 e. The molecular formula is C15H16N2O2. The molecule has 3 rings (SSSR count). The zero-order chi connectivity index (χ0) is 13.4. The monoisotopic (exact) mass is 256 g/mol. The summed E-state index contributed by atoms with van der Waals surface area (Å²) in [7, 11) is 0. The highest BCUT2D eigenvalue weighted by Gasteiger charge is 2.28. The number of nitrogens with zero attached hydrogens (tertiary/aromatic N) is 1. The highest BCUT2D eigenvalue weighted by molar-refractivity contribution is 5.47. The maximum absolute atomic E-state index is 10.1. The van der Waals surface area contributed by atoms with E-state index >= 15 is 0 Å². The van der Waals surface area contributed by atoms with Gasteiger partial charge in [0.2, 0.25) is 0 Å². The average molecular weight is 256 g/mol. The van der Waals surface area contributed by atoms with E-state index in [1.54, 1.807) is 6.20 Å². The third kappa shape index (κ3) is 1.99. The quantitative estimate of drug-likeness (QED) is 0.864. The Labute approximate surface area is 111 Å². The first-order valence-corrected chi connectivity index (χ1v) is 6.28. The molecule has 0 aliphatic carbocycles. The van der Waals surface area contributed by atoms with Gasteiger partial charge in [-0.2, -0.15) is 0 Å². The van der Waals surface area contributed by atoms with Crippen molar-refractivity contribution in [3.05, 3.63) is 58.4 Å². The van der Waals surface area contributed by atoms with Crippen molar-refractivity contribution in [3.8, 4) is 5.75 Å². The van der Waals surface area contributed by atoms with Crippen molar-refractivity contribution in [2.45, 2.75) is 26.2 Å². The molecule has 4 heteroatoms. The predicted octanol–water partition coefficient (Wildman–Crippen LogP) is 2.17. The summed E-state index contributed by atoms with van der Waals surface area (Å²) in [4.78, 5) is 4.21. The Hall–Kier alpha value is -1.91. The summed E-state index contributed by atoms with van der Waals surface area (Å²) in [6.45, 7) is 2.68. The van der Waals surface area contributed by atoms with E-state index in [2.05, 4.69) is 17.1 Å².